The minimum Gasteiger partial charge on any atom is -0.398 e. The van der Waals surface area contributed by atoms with Gasteiger partial charge in [0, 0.05) is 28.8 Å². The summed E-state index contributed by atoms with van der Waals surface area (Å²) in [5.41, 5.74) is 6.98. The fourth-order valence-corrected chi connectivity index (χ4v) is 3.78. The van der Waals surface area contributed by atoms with Crippen molar-refractivity contribution in [1.82, 2.24) is 0 Å². The van der Waals surface area contributed by atoms with Gasteiger partial charge in [0.2, 0.25) is 0 Å². The molecule has 0 aromatic heterocycles. The first-order valence-electron chi connectivity index (χ1n) is 7.33. The standard InChI is InChI=1S/C16H20ClNO2/c17-12-3-4-13(14(18)9-12)15(19)11-5-8-20-16(10-11)6-1-2-7-16/h3-4,9,11H,1-2,5-8,10,18H2. The number of ketones is 1. The first-order valence-corrected chi connectivity index (χ1v) is 7.71. The Hall–Kier alpha value is -1.06. The maximum Gasteiger partial charge on any atom is 0.168 e. The lowest BCUT2D eigenvalue weighted by Gasteiger charge is -2.37. The number of nitrogen functional groups attached to an aromatic ring is 1. The van der Waals surface area contributed by atoms with Crippen LogP contribution >= 0.6 is 11.6 Å². The van der Waals surface area contributed by atoms with Crippen LogP contribution in [0.2, 0.25) is 5.02 Å². The van der Waals surface area contributed by atoms with E-state index in [9.17, 15) is 4.79 Å². The van der Waals surface area contributed by atoms with Gasteiger partial charge < -0.3 is 10.5 Å². The molecule has 2 fully saturated rings. The van der Waals surface area contributed by atoms with E-state index in [1.54, 1.807) is 18.2 Å². The Bertz CT molecular complexity index is 523. The van der Waals surface area contributed by atoms with E-state index >= 15 is 0 Å². The number of carbonyl (C=O) groups excluding carboxylic acids is 1. The predicted molar refractivity (Wildman–Crippen MR) is 80.1 cm³/mol. The van der Waals surface area contributed by atoms with E-state index < -0.39 is 0 Å². The van der Waals surface area contributed by atoms with Crippen molar-refractivity contribution < 1.29 is 9.53 Å². The number of benzene rings is 1. The zero-order valence-electron chi connectivity index (χ0n) is 11.5. The van der Waals surface area contributed by atoms with E-state index in [1.165, 1.54) is 12.8 Å². The molecule has 1 atom stereocenters. The minimum atomic E-state index is -0.0419. The van der Waals surface area contributed by atoms with Gasteiger partial charge >= 0.3 is 0 Å². The summed E-state index contributed by atoms with van der Waals surface area (Å²) in [5, 5.41) is 0.568. The van der Waals surface area contributed by atoms with E-state index in [0.29, 0.717) is 22.9 Å². The maximum absolute atomic E-state index is 12.7. The second kappa shape index (κ2) is 5.38. The van der Waals surface area contributed by atoms with Crippen molar-refractivity contribution in [2.24, 2.45) is 5.92 Å². The summed E-state index contributed by atoms with van der Waals surface area (Å²) in [6, 6.07) is 5.13. The van der Waals surface area contributed by atoms with Crippen molar-refractivity contribution in [3.8, 4) is 0 Å². The molecular formula is C16H20ClNO2. The van der Waals surface area contributed by atoms with Crippen LogP contribution in [0.5, 0.6) is 0 Å². The predicted octanol–water partition coefficient (Wildman–Crippen LogP) is 3.84. The molecule has 2 N–H and O–H groups in total. The Labute approximate surface area is 124 Å². The molecule has 1 saturated carbocycles. The molecule has 1 aliphatic carbocycles. The number of ether oxygens (including phenoxy) is 1. The molecule has 1 unspecified atom stereocenters. The van der Waals surface area contributed by atoms with Crippen molar-refractivity contribution >= 4 is 23.1 Å². The van der Waals surface area contributed by atoms with Gasteiger partial charge in [-0.25, -0.2) is 0 Å². The fraction of sp³-hybridized carbons (Fsp3) is 0.562. The zero-order valence-corrected chi connectivity index (χ0v) is 12.3. The SMILES string of the molecule is Nc1cc(Cl)ccc1C(=O)C1CCOC2(CCCC2)C1. The zero-order chi connectivity index (χ0) is 14.2. The van der Waals surface area contributed by atoms with E-state index in [-0.39, 0.29) is 17.3 Å². The van der Waals surface area contributed by atoms with Crippen LogP contribution in [-0.2, 0) is 4.74 Å². The summed E-state index contributed by atoms with van der Waals surface area (Å²) < 4.78 is 5.99. The molecule has 1 aliphatic heterocycles. The molecule has 20 heavy (non-hydrogen) atoms. The highest BCUT2D eigenvalue weighted by Gasteiger charge is 2.42. The number of hydrogen-bond donors (Lipinski definition) is 1. The molecule has 0 radical (unpaired) electrons. The maximum atomic E-state index is 12.7. The van der Waals surface area contributed by atoms with Crippen LogP contribution in [0.25, 0.3) is 0 Å². The third kappa shape index (κ3) is 2.57. The number of carbonyl (C=O) groups is 1. The second-order valence-electron chi connectivity index (χ2n) is 6.02. The molecule has 0 bridgehead atoms. The topological polar surface area (TPSA) is 52.3 Å². The first kappa shape index (κ1) is 13.9. The number of rotatable bonds is 2. The third-order valence-corrected chi connectivity index (χ3v) is 4.89. The average Bonchev–Trinajstić information content (AvgIpc) is 2.86. The molecule has 0 amide bonds. The van der Waals surface area contributed by atoms with Gasteiger partial charge in [0.25, 0.3) is 0 Å². The monoisotopic (exact) mass is 293 g/mol. The minimum absolute atomic E-state index is 0.0327. The summed E-state index contributed by atoms with van der Waals surface area (Å²) in [5.74, 6) is 0.180. The van der Waals surface area contributed by atoms with Gasteiger partial charge in [0.15, 0.2) is 5.78 Å². The molecule has 1 saturated heterocycles. The third-order valence-electron chi connectivity index (χ3n) is 4.66. The highest BCUT2D eigenvalue weighted by atomic mass is 35.5. The summed E-state index contributed by atoms with van der Waals surface area (Å²) in [6.07, 6.45) is 6.24. The lowest BCUT2D eigenvalue weighted by molar-refractivity contribution is -0.0866. The Balaban J connectivity index is 1.79. The Morgan fingerprint density at radius 2 is 2.10 bits per heavy atom. The van der Waals surface area contributed by atoms with Crippen LogP contribution in [0.1, 0.15) is 48.9 Å². The van der Waals surface area contributed by atoms with Crippen molar-refractivity contribution in [1.29, 1.82) is 0 Å². The van der Waals surface area contributed by atoms with Gasteiger partial charge in [0.1, 0.15) is 0 Å². The van der Waals surface area contributed by atoms with E-state index in [0.717, 1.165) is 25.7 Å². The normalized spacial score (nSPS) is 24.9. The molecule has 4 heteroatoms. The van der Waals surface area contributed by atoms with Gasteiger partial charge in [-0.1, -0.05) is 24.4 Å². The molecule has 1 aromatic carbocycles. The molecule has 3 rings (SSSR count). The van der Waals surface area contributed by atoms with Crippen LogP contribution in [0.15, 0.2) is 18.2 Å². The van der Waals surface area contributed by atoms with Gasteiger partial charge in [-0.2, -0.15) is 0 Å². The fourth-order valence-electron chi connectivity index (χ4n) is 3.60. The lowest BCUT2D eigenvalue weighted by Crippen LogP contribution is -2.39. The van der Waals surface area contributed by atoms with Gasteiger partial charge in [-0.15, -0.1) is 0 Å². The summed E-state index contributed by atoms with van der Waals surface area (Å²) in [4.78, 5) is 12.7. The molecule has 1 heterocycles. The number of anilines is 1. The number of nitrogens with two attached hydrogens (primary N) is 1. The largest absolute Gasteiger partial charge is 0.398 e. The number of Topliss-reactive ketones (excluding diaryl/α,β-unsaturated/α-hetero) is 1. The van der Waals surface area contributed by atoms with E-state index in [1.807, 2.05) is 0 Å². The van der Waals surface area contributed by atoms with Crippen LogP contribution in [0.4, 0.5) is 5.69 Å². The average molecular weight is 294 g/mol. The van der Waals surface area contributed by atoms with Crippen LogP contribution in [-0.4, -0.2) is 18.0 Å². The summed E-state index contributed by atoms with van der Waals surface area (Å²) >= 11 is 5.89. The van der Waals surface area contributed by atoms with Gasteiger partial charge in [-0.3, -0.25) is 4.79 Å². The van der Waals surface area contributed by atoms with E-state index in [4.69, 9.17) is 22.1 Å². The van der Waals surface area contributed by atoms with Gasteiger partial charge in [-0.05, 0) is 43.9 Å². The van der Waals surface area contributed by atoms with Crippen molar-refractivity contribution in [2.75, 3.05) is 12.3 Å². The van der Waals surface area contributed by atoms with Crippen LogP contribution in [0, 0.1) is 5.92 Å². The number of hydrogen-bond acceptors (Lipinski definition) is 3. The first-order chi connectivity index (χ1) is 9.60. The van der Waals surface area contributed by atoms with Crippen molar-refractivity contribution in [3.05, 3.63) is 28.8 Å². The molecule has 108 valence electrons. The highest BCUT2D eigenvalue weighted by molar-refractivity contribution is 6.31. The Morgan fingerprint density at radius 3 is 2.80 bits per heavy atom. The highest BCUT2D eigenvalue weighted by Crippen LogP contribution is 2.43. The number of halogens is 1. The smallest absolute Gasteiger partial charge is 0.168 e. The second-order valence-corrected chi connectivity index (χ2v) is 6.46. The molecule has 1 spiro atoms. The molecule has 3 nitrogen and oxygen atoms in total. The van der Waals surface area contributed by atoms with Crippen molar-refractivity contribution in [3.63, 3.8) is 0 Å². The van der Waals surface area contributed by atoms with Crippen LogP contribution < -0.4 is 5.73 Å². The van der Waals surface area contributed by atoms with Crippen molar-refractivity contribution in [2.45, 2.75) is 44.1 Å². The molecular weight excluding hydrogens is 274 g/mol. The quantitative estimate of drug-likeness (QED) is 0.666. The molecule has 1 aromatic rings. The Kier molecular flexibility index (Phi) is 3.74. The molecule has 2 aliphatic rings. The van der Waals surface area contributed by atoms with Gasteiger partial charge in [0.05, 0.1) is 5.60 Å². The lowest BCUT2D eigenvalue weighted by atomic mass is 9.80. The van der Waals surface area contributed by atoms with Crippen LogP contribution in [0.3, 0.4) is 0 Å². The summed E-state index contributed by atoms with van der Waals surface area (Å²) in [6.45, 7) is 0.684. The summed E-state index contributed by atoms with van der Waals surface area (Å²) in [7, 11) is 0. The van der Waals surface area contributed by atoms with E-state index in [2.05, 4.69) is 0 Å². The Morgan fingerprint density at radius 1 is 1.35 bits per heavy atom.